The van der Waals surface area contributed by atoms with Crippen molar-refractivity contribution in [2.75, 3.05) is 20.2 Å². The average Bonchev–Trinajstić information content (AvgIpc) is 2.44. The van der Waals surface area contributed by atoms with Gasteiger partial charge in [-0.3, -0.25) is 4.79 Å². The Bertz CT molecular complexity index is 563. The number of hydrogen-bond acceptors (Lipinski definition) is 3. The molecule has 1 aromatic rings. The number of rotatable bonds is 6. The summed E-state index contributed by atoms with van der Waals surface area (Å²) in [4.78, 5) is 24.3. The maximum absolute atomic E-state index is 12.0. The van der Waals surface area contributed by atoms with Crippen LogP contribution in [0.1, 0.15) is 19.4 Å². The van der Waals surface area contributed by atoms with Crippen molar-refractivity contribution in [3.05, 3.63) is 41.0 Å². The van der Waals surface area contributed by atoms with E-state index < -0.39 is 5.97 Å². The van der Waals surface area contributed by atoms with Crippen LogP contribution in [0, 0.1) is 6.92 Å². The van der Waals surface area contributed by atoms with Crippen LogP contribution < -0.4 is 4.74 Å². The van der Waals surface area contributed by atoms with Crippen molar-refractivity contribution in [3.8, 4) is 5.75 Å². The summed E-state index contributed by atoms with van der Waals surface area (Å²) in [5, 5.41) is 8.88. The molecule has 0 radical (unpaired) electrons. The molecule has 0 aliphatic rings. The van der Waals surface area contributed by atoms with E-state index in [4.69, 9.17) is 9.84 Å². The van der Waals surface area contributed by atoms with Gasteiger partial charge in [-0.25, -0.2) is 4.79 Å². The van der Waals surface area contributed by atoms with Gasteiger partial charge in [0.15, 0.2) is 0 Å². The maximum atomic E-state index is 12.0. The largest absolute Gasteiger partial charge is 0.492 e. The molecule has 1 aromatic carbocycles. The molecule has 0 fully saturated rings. The van der Waals surface area contributed by atoms with Gasteiger partial charge in [0.05, 0.1) is 6.54 Å². The highest BCUT2D eigenvalue weighted by Gasteiger charge is 2.16. The summed E-state index contributed by atoms with van der Waals surface area (Å²) in [5.74, 6) is -0.627. The highest BCUT2D eigenvalue weighted by Crippen LogP contribution is 2.12. The first-order valence-corrected chi connectivity index (χ1v) is 6.68. The average molecular weight is 291 g/mol. The second-order valence-corrected chi connectivity index (χ2v) is 4.95. The molecule has 5 heteroatoms. The molecule has 21 heavy (non-hydrogen) atoms. The second kappa shape index (κ2) is 7.47. The van der Waals surface area contributed by atoms with Crippen LogP contribution in [0.5, 0.6) is 5.75 Å². The molecule has 0 spiro atoms. The van der Waals surface area contributed by atoms with Crippen molar-refractivity contribution < 1.29 is 19.4 Å². The summed E-state index contributed by atoms with van der Waals surface area (Å²) >= 11 is 0. The molecule has 1 amide bonds. The van der Waals surface area contributed by atoms with Crippen molar-refractivity contribution in [3.63, 3.8) is 0 Å². The molecular weight excluding hydrogens is 270 g/mol. The standard InChI is InChI=1S/C16H21NO4/c1-11-6-5-7-14(10-11)21-9-8-17(4)15(18)12(2)13(3)16(19)20/h5-7,10H,8-9H2,1-4H3,(H,19,20). The smallest absolute Gasteiger partial charge is 0.331 e. The Morgan fingerprint density at radius 2 is 1.90 bits per heavy atom. The Hall–Kier alpha value is -2.30. The van der Waals surface area contributed by atoms with E-state index in [0.29, 0.717) is 13.2 Å². The zero-order chi connectivity index (χ0) is 16.0. The first-order valence-electron chi connectivity index (χ1n) is 6.68. The van der Waals surface area contributed by atoms with Crippen molar-refractivity contribution in [2.24, 2.45) is 0 Å². The molecule has 1 N–H and O–H groups in total. The fourth-order valence-electron chi connectivity index (χ4n) is 1.71. The molecule has 5 nitrogen and oxygen atoms in total. The summed E-state index contributed by atoms with van der Waals surface area (Å²) in [5.41, 5.74) is 1.40. The fourth-order valence-corrected chi connectivity index (χ4v) is 1.71. The van der Waals surface area contributed by atoms with Gasteiger partial charge >= 0.3 is 5.97 Å². The molecule has 0 aliphatic heterocycles. The Balaban J connectivity index is 2.54. The van der Waals surface area contributed by atoms with Crippen LogP contribution in [0.3, 0.4) is 0 Å². The van der Waals surface area contributed by atoms with Crippen LogP contribution >= 0.6 is 0 Å². The van der Waals surface area contributed by atoms with E-state index in [9.17, 15) is 9.59 Å². The quantitative estimate of drug-likeness (QED) is 0.816. The van der Waals surface area contributed by atoms with Gasteiger partial charge in [-0.1, -0.05) is 12.1 Å². The van der Waals surface area contributed by atoms with Crippen LogP contribution in [-0.2, 0) is 9.59 Å². The second-order valence-electron chi connectivity index (χ2n) is 4.95. The number of aryl methyl sites for hydroxylation is 1. The van der Waals surface area contributed by atoms with Crippen molar-refractivity contribution in [1.29, 1.82) is 0 Å². The lowest BCUT2D eigenvalue weighted by Gasteiger charge is -2.18. The van der Waals surface area contributed by atoms with Crippen molar-refractivity contribution >= 4 is 11.9 Å². The third kappa shape index (κ3) is 4.95. The summed E-state index contributed by atoms with van der Waals surface area (Å²) in [6, 6.07) is 7.66. The van der Waals surface area contributed by atoms with E-state index in [1.165, 1.54) is 18.7 Å². The van der Waals surface area contributed by atoms with Gasteiger partial charge in [0.1, 0.15) is 12.4 Å². The molecule has 0 aromatic heterocycles. The molecule has 114 valence electrons. The molecule has 0 saturated heterocycles. The number of carboxylic acids is 1. The molecular formula is C16H21NO4. The number of likely N-dealkylation sites (N-methyl/N-ethyl adjacent to an activating group) is 1. The van der Waals surface area contributed by atoms with Crippen LogP contribution in [0.15, 0.2) is 35.4 Å². The number of carbonyl (C=O) groups excluding carboxylic acids is 1. The van der Waals surface area contributed by atoms with Crippen molar-refractivity contribution in [1.82, 2.24) is 4.90 Å². The van der Waals surface area contributed by atoms with E-state index in [0.717, 1.165) is 11.3 Å². The Morgan fingerprint density at radius 1 is 1.24 bits per heavy atom. The van der Waals surface area contributed by atoms with Crippen LogP contribution in [0.4, 0.5) is 0 Å². The summed E-state index contributed by atoms with van der Waals surface area (Å²) in [6.45, 7) is 5.66. The highest BCUT2D eigenvalue weighted by atomic mass is 16.5. The number of benzene rings is 1. The van der Waals surface area contributed by atoms with Gasteiger partial charge in [-0.2, -0.15) is 0 Å². The molecule has 0 saturated carbocycles. The third-order valence-corrected chi connectivity index (χ3v) is 3.24. The molecule has 0 atom stereocenters. The summed E-state index contributed by atoms with van der Waals surface area (Å²) < 4.78 is 5.57. The molecule has 1 rings (SSSR count). The molecule has 0 heterocycles. The first kappa shape index (κ1) is 16.8. The lowest BCUT2D eigenvalue weighted by Crippen LogP contribution is -2.32. The number of carboxylic acid groups (broad SMARTS) is 1. The zero-order valence-corrected chi connectivity index (χ0v) is 12.8. The number of carbonyl (C=O) groups is 2. The molecule has 0 aliphatic carbocycles. The van der Waals surface area contributed by atoms with Gasteiger partial charge in [0.25, 0.3) is 0 Å². The predicted molar refractivity (Wildman–Crippen MR) is 80.3 cm³/mol. The first-order chi connectivity index (χ1) is 9.82. The summed E-state index contributed by atoms with van der Waals surface area (Å²) in [7, 11) is 1.63. The minimum Gasteiger partial charge on any atom is -0.492 e. The van der Waals surface area contributed by atoms with E-state index in [2.05, 4.69) is 0 Å². The number of hydrogen-bond donors (Lipinski definition) is 1. The van der Waals surface area contributed by atoms with E-state index in [1.807, 2.05) is 31.2 Å². The van der Waals surface area contributed by atoms with E-state index >= 15 is 0 Å². The van der Waals surface area contributed by atoms with Crippen molar-refractivity contribution in [2.45, 2.75) is 20.8 Å². The third-order valence-electron chi connectivity index (χ3n) is 3.24. The summed E-state index contributed by atoms with van der Waals surface area (Å²) in [6.07, 6.45) is 0. The lowest BCUT2D eigenvalue weighted by atomic mass is 10.1. The van der Waals surface area contributed by atoms with Crippen LogP contribution in [0.25, 0.3) is 0 Å². The van der Waals surface area contributed by atoms with Gasteiger partial charge in [0, 0.05) is 18.2 Å². The minimum atomic E-state index is -1.08. The van der Waals surface area contributed by atoms with Gasteiger partial charge in [-0.05, 0) is 38.5 Å². The number of nitrogens with zero attached hydrogens (tertiary/aromatic N) is 1. The number of aliphatic carboxylic acids is 1. The zero-order valence-electron chi connectivity index (χ0n) is 12.8. The Labute approximate surface area is 124 Å². The lowest BCUT2D eigenvalue weighted by molar-refractivity contribution is -0.133. The van der Waals surface area contributed by atoms with E-state index in [1.54, 1.807) is 7.05 Å². The van der Waals surface area contributed by atoms with Gasteiger partial charge < -0.3 is 14.7 Å². The Morgan fingerprint density at radius 3 is 2.48 bits per heavy atom. The number of ether oxygens (including phenoxy) is 1. The maximum Gasteiger partial charge on any atom is 0.331 e. The number of amides is 1. The highest BCUT2D eigenvalue weighted by molar-refractivity contribution is 6.01. The predicted octanol–water partition coefficient (Wildman–Crippen LogP) is 2.25. The minimum absolute atomic E-state index is 0.0615. The fraction of sp³-hybridized carbons (Fsp3) is 0.375. The molecule has 0 unspecified atom stereocenters. The van der Waals surface area contributed by atoms with Gasteiger partial charge in [-0.15, -0.1) is 0 Å². The molecule has 0 bridgehead atoms. The normalized spacial score (nSPS) is 11.6. The SMILES string of the molecule is CC(C(=O)O)=C(C)C(=O)N(C)CCOc1cccc(C)c1. The Kier molecular flexibility index (Phi) is 5.96. The van der Waals surface area contributed by atoms with Crippen LogP contribution in [-0.4, -0.2) is 42.1 Å². The van der Waals surface area contributed by atoms with Gasteiger partial charge in [0.2, 0.25) is 5.91 Å². The van der Waals surface area contributed by atoms with Crippen LogP contribution in [0.2, 0.25) is 0 Å². The topological polar surface area (TPSA) is 66.8 Å². The van der Waals surface area contributed by atoms with E-state index in [-0.39, 0.29) is 17.1 Å². The monoisotopic (exact) mass is 291 g/mol.